The van der Waals surface area contributed by atoms with Gasteiger partial charge in [0.25, 0.3) is 5.69 Å². The van der Waals surface area contributed by atoms with Crippen molar-refractivity contribution >= 4 is 44.3 Å². The summed E-state index contributed by atoms with van der Waals surface area (Å²) < 4.78 is 6.39. The number of halogens is 1. The Balaban J connectivity index is 1.69. The number of aromatic nitrogens is 2. The summed E-state index contributed by atoms with van der Waals surface area (Å²) in [4.78, 5) is 18.2. The molecule has 8 heteroatoms. The molecule has 0 bridgehead atoms. The van der Waals surface area contributed by atoms with E-state index < -0.39 is 4.92 Å². The van der Waals surface area contributed by atoms with E-state index in [1.54, 1.807) is 24.3 Å². The normalized spacial score (nSPS) is 11.6. The van der Waals surface area contributed by atoms with Crippen LogP contribution >= 0.6 is 15.9 Å². The summed E-state index contributed by atoms with van der Waals surface area (Å²) in [6.07, 6.45) is 1.61. The van der Waals surface area contributed by atoms with Crippen molar-refractivity contribution in [3.8, 4) is 17.4 Å². The molecule has 4 rings (SSSR count). The summed E-state index contributed by atoms with van der Waals surface area (Å²) in [5.41, 5.74) is 4.93. The molecule has 0 unspecified atom stereocenters. The monoisotopic (exact) mass is 462 g/mol. The van der Waals surface area contributed by atoms with Crippen molar-refractivity contribution in [3.63, 3.8) is 0 Å². The Labute approximate surface area is 179 Å². The molecule has 0 amide bonds. The van der Waals surface area contributed by atoms with Crippen molar-refractivity contribution in [2.45, 2.75) is 13.8 Å². The molecular formula is C22H15BrN4O3. The lowest BCUT2D eigenvalue weighted by Gasteiger charge is -2.01. The molecule has 0 saturated heterocycles. The quantitative estimate of drug-likeness (QED) is 0.221. The van der Waals surface area contributed by atoms with Crippen LogP contribution in [0.4, 0.5) is 5.69 Å². The summed E-state index contributed by atoms with van der Waals surface area (Å²) >= 11 is 3.35. The molecule has 4 aromatic rings. The van der Waals surface area contributed by atoms with E-state index in [4.69, 9.17) is 4.42 Å². The number of benzene rings is 2. The average molecular weight is 463 g/mol. The number of H-pyrrole nitrogens is 1. The van der Waals surface area contributed by atoms with Gasteiger partial charge in [0, 0.05) is 28.2 Å². The van der Waals surface area contributed by atoms with Crippen LogP contribution in [0.2, 0.25) is 0 Å². The second-order valence-corrected chi connectivity index (χ2v) is 7.69. The molecule has 0 radical (unpaired) electrons. The lowest BCUT2D eigenvalue weighted by Crippen LogP contribution is -1.88. The molecule has 7 nitrogen and oxygen atoms in total. The Hall–Kier alpha value is -3.70. The van der Waals surface area contributed by atoms with Crippen LogP contribution in [0.25, 0.3) is 34.0 Å². The third-order valence-corrected chi connectivity index (χ3v) is 5.47. The van der Waals surface area contributed by atoms with Crippen molar-refractivity contribution in [1.29, 1.82) is 5.26 Å². The molecule has 1 N–H and O–H groups in total. The Morgan fingerprint density at radius 1 is 1.23 bits per heavy atom. The molecule has 2 heterocycles. The van der Waals surface area contributed by atoms with Gasteiger partial charge in [-0.15, -0.1) is 0 Å². The Bertz CT molecular complexity index is 1340. The second kappa shape index (κ2) is 7.61. The topological polar surface area (TPSA) is 109 Å². The highest BCUT2D eigenvalue weighted by atomic mass is 79.9. The predicted octanol–water partition coefficient (Wildman–Crippen LogP) is 6.17. The van der Waals surface area contributed by atoms with Crippen LogP contribution < -0.4 is 0 Å². The minimum Gasteiger partial charge on any atom is -0.457 e. The van der Waals surface area contributed by atoms with Crippen LogP contribution in [0, 0.1) is 35.3 Å². The van der Waals surface area contributed by atoms with Gasteiger partial charge < -0.3 is 9.40 Å². The van der Waals surface area contributed by atoms with E-state index in [-0.39, 0.29) is 5.69 Å². The molecule has 0 aliphatic carbocycles. The molecule has 0 spiro atoms. The van der Waals surface area contributed by atoms with Gasteiger partial charge in [0.2, 0.25) is 0 Å². The van der Waals surface area contributed by atoms with E-state index in [0.29, 0.717) is 33.0 Å². The Morgan fingerprint density at radius 3 is 2.70 bits per heavy atom. The number of nitrogens with zero attached hydrogens (tertiary/aromatic N) is 3. The summed E-state index contributed by atoms with van der Waals surface area (Å²) in [6.45, 7) is 4.04. The number of nitro groups is 1. The first-order valence-electron chi connectivity index (χ1n) is 8.99. The van der Waals surface area contributed by atoms with E-state index in [1.165, 1.54) is 12.1 Å². The maximum Gasteiger partial charge on any atom is 0.270 e. The number of hydrogen-bond donors (Lipinski definition) is 1. The highest BCUT2D eigenvalue weighted by molar-refractivity contribution is 9.10. The number of fused-ring (bicyclic) bond motifs is 1. The third-order valence-electron chi connectivity index (χ3n) is 4.82. The lowest BCUT2D eigenvalue weighted by molar-refractivity contribution is -0.384. The first-order valence-corrected chi connectivity index (χ1v) is 9.78. The van der Waals surface area contributed by atoms with Crippen molar-refractivity contribution in [2.75, 3.05) is 0 Å². The van der Waals surface area contributed by atoms with Gasteiger partial charge >= 0.3 is 0 Å². The average Bonchev–Trinajstić information content (AvgIpc) is 3.33. The van der Waals surface area contributed by atoms with E-state index >= 15 is 0 Å². The van der Waals surface area contributed by atoms with Crippen molar-refractivity contribution in [1.82, 2.24) is 9.97 Å². The van der Waals surface area contributed by atoms with E-state index in [0.717, 1.165) is 22.2 Å². The van der Waals surface area contributed by atoms with Crippen LogP contribution in [0.1, 0.15) is 22.7 Å². The zero-order valence-corrected chi connectivity index (χ0v) is 17.6. The molecule has 0 fully saturated rings. The van der Waals surface area contributed by atoms with Crippen LogP contribution in [0.15, 0.2) is 51.4 Å². The van der Waals surface area contributed by atoms with Crippen molar-refractivity contribution in [3.05, 3.63) is 79.8 Å². The van der Waals surface area contributed by atoms with E-state index in [1.807, 2.05) is 26.0 Å². The van der Waals surface area contributed by atoms with Gasteiger partial charge in [0.05, 0.1) is 21.5 Å². The number of furan rings is 1. The summed E-state index contributed by atoms with van der Waals surface area (Å²) in [6, 6.07) is 14.1. The van der Waals surface area contributed by atoms with Gasteiger partial charge in [-0.25, -0.2) is 4.98 Å². The largest absolute Gasteiger partial charge is 0.457 e. The number of non-ortho nitro benzene ring substituents is 1. The highest BCUT2D eigenvalue weighted by Gasteiger charge is 2.14. The van der Waals surface area contributed by atoms with Crippen LogP contribution in [-0.2, 0) is 0 Å². The summed E-state index contributed by atoms with van der Waals surface area (Å²) in [5, 5.41) is 20.5. The third kappa shape index (κ3) is 3.63. The van der Waals surface area contributed by atoms with Crippen molar-refractivity contribution < 1.29 is 9.34 Å². The van der Waals surface area contributed by atoms with Crippen LogP contribution in [0.5, 0.6) is 0 Å². The van der Waals surface area contributed by atoms with Crippen LogP contribution in [0.3, 0.4) is 0 Å². The second-order valence-electron chi connectivity index (χ2n) is 6.83. The van der Waals surface area contributed by atoms with Gasteiger partial charge in [-0.3, -0.25) is 10.1 Å². The van der Waals surface area contributed by atoms with Gasteiger partial charge in [-0.2, -0.15) is 5.26 Å². The standard InChI is InChI=1S/C22H15BrN4O3/c1-12-7-19-20(8-13(12)2)26-22(25-19)14(11-24)9-16-4-6-21(30-16)17-5-3-15(27(28)29)10-18(17)23/h3-10H,1-2H3,(H,25,26)/b14-9+. The summed E-state index contributed by atoms with van der Waals surface area (Å²) in [5.74, 6) is 1.46. The number of allylic oxidation sites excluding steroid dienone is 1. The molecule has 30 heavy (non-hydrogen) atoms. The maximum atomic E-state index is 10.9. The fourth-order valence-corrected chi connectivity index (χ4v) is 3.65. The minimum atomic E-state index is -0.458. The molecule has 0 atom stereocenters. The molecule has 2 aromatic heterocycles. The molecule has 148 valence electrons. The number of nitrogens with one attached hydrogen (secondary N) is 1. The smallest absolute Gasteiger partial charge is 0.270 e. The SMILES string of the molecule is Cc1cc2nc(/C(C#N)=C/c3ccc(-c4ccc([N+](=O)[O-])cc4Br)o3)[nH]c2cc1C. The lowest BCUT2D eigenvalue weighted by atomic mass is 10.1. The number of rotatable bonds is 4. The molecular weight excluding hydrogens is 448 g/mol. The molecule has 0 aliphatic rings. The van der Waals surface area contributed by atoms with Gasteiger partial charge in [-0.1, -0.05) is 0 Å². The maximum absolute atomic E-state index is 10.9. The minimum absolute atomic E-state index is 0.0144. The van der Waals surface area contributed by atoms with Crippen LogP contribution in [-0.4, -0.2) is 14.9 Å². The number of aromatic amines is 1. The molecule has 2 aromatic carbocycles. The summed E-state index contributed by atoms with van der Waals surface area (Å²) in [7, 11) is 0. The van der Waals surface area contributed by atoms with Gasteiger partial charge in [0.1, 0.15) is 23.4 Å². The number of aryl methyl sites for hydroxylation is 2. The number of nitro benzene ring substituents is 1. The number of nitriles is 1. The predicted molar refractivity (Wildman–Crippen MR) is 118 cm³/mol. The fraction of sp³-hybridized carbons (Fsp3) is 0.0909. The fourth-order valence-electron chi connectivity index (χ4n) is 3.09. The molecule has 0 saturated carbocycles. The zero-order chi connectivity index (χ0) is 21.4. The highest BCUT2D eigenvalue weighted by Crippen LogP contribution is 2.33. The molecule has 0 aliphatic heterocycles. The van der Waals surface area contributed by atoms with Crippen molar-refractivity contribution in [2.24, 2.45) is 0 Å². The number of imidazole rings is 1. The number of hydrogen-bond acceptors (Lipinski definition) is 5. The van der Waals surface area contributed by atoms with Gasteiger partial charge in [-0.05, 0) is 71.2 Å². The zero-order valence-electron chi connectivity index (χ0n) is 16.1. The first-order chi connectivity index (χ1) is 14.4. The van der Waals surface area contributed by atoms with E-state index in [9.17, 15) is 15.4 Å². The Kier molecular flexibility index (Phi) is 4.98. The van der Waals surface area contributed by atoms with Gasteiger partial charge in [0.15, 0.2) is 0 Å². The Morgan fingerprint density at radius 2 is 2.00 bits per heavy atom. The van der Waals surface area contributed by atoms with E-state index in [2.05, 4.69) is 32.0 Å². The first kappa shape index (κ1) is 19.6.